The van der Waals surface area contributed by atoms with E-state index in [9.17, 15) is 14.7 Å². The Bertz CT molecular complexity index is 1160. The molecule has 1 unspecified atom stereocenters. The number of fused-ring (bicyclic) bond motifs is 1. The SMILES string of the molecule is CCC(C1CN(c2c(F)cc3c(=O)c(C(=O)O)cn(C4CC4)c3c2C)C1)N(C)CCC#N. The van der Waals surface area contributed by atoms with E-state index >= 15 is 4.39 Å². The second kappa shape index (κ2) is 8.55. The van der Waals surface area contributed by atoms with Gasteiger partial charge in [-0.2, -0.15) is 5.26 Å². The summed E-state index contributed by atoms with van der Waals surface area (Å²) in [6.45, 7) is 6.09. The van der Waals surface area contributed by atoms with Gasteiger partial charge in [0.15, 0.2) is 0 Å². The minimum Gasteiger partial charge on any atom is -0.477 e. The zero-order valence-corrected chi connectivity index (χ0v) is 18.8. The van der Waals surface area contributed by atoms with E-state index in [1.165, 1.54) is 12.3 Å². The molecule has 8 heteroatoms. The van der Waals surface area contributed by atoms with Crippen LogP contribution in [-0.2, 0) is 0 Å². The summed E-state index contributed by atoms with van der Waals surface area (Å²) in [4.78, 5) is 28.6. The topological polar surface area (TPSA) is 89.6 Å². The van der Waals surface area contributed by atoms with Crippen molar-refractivity contribution in [1.29, 1.82) is 5.26 Å². The summed E-state index contributed by atoms with van der Waals surface area (Å²) in [5, 5.41) is 18.4. The molecule has 1 saturated carbocycles. The number of carboxylic acids is 1. The van der Waals surface area contributed by atoms with E-state index < -0.39 is 17.2 Å². The molecule has 7 nitrogen and oxygen atoms in total. The van der Waals surface area contributed by atoms with Gasteiger partial charge in [-0.05, 0) is 44.9 Å². The number of pyridine rings is 1. The van der Waals surface area contributed by atoms with Crippen LogP contribution in [0.25, 0.3) is 10.9 Å². The third kappa shape index (κ3) is 3.75. The van der Waals surface area contributed by atoms with Crippen molar-refractivity contribution in [3.63, 3.8) is 0 Å². The lowest BCUT2D eigenvalue weighted by molar-refractivity contribution is 0.0695. The molecule has 1 aromatic heterocycles. The Hall–Kier alpha value is -2.92. The average Bonchev–Trinajstić information content (AvgIpc) is 3.55. The lowest BCUT2D eigenvalue weighted by Gasteiger charge is -2.48. The van der Waals surface area contributed by atoms with Crippen LogP contribution in [-0.4, -0.2) is 53.3 Å². The lowest BCUT2D eigenvalue weighted by Crippen LogP contribution is -2.56. The number of carbonyl (C=O) groups is 1. The molecule has 4 rings (SSSR count). The first-order chi connectivity index (χ1) is 15.3. The van der Waals surface area contributed by atoms with Gasteiger partial charge >= 0.3 is 5.97 Å². The molecule has 170 valence electrons. The van der Waals surface area contributed by atoms with Gasteiger partial charge in [-0.25, -0.2) is 9.18 Å². The molecule has 2 heterocycles. The highest BCUT2D eigenvalue weighted by atomic mass is 19.1. The molecule has 0 bridgehead atoms. The van der Waals surface area contributed by atoms with Crippen molar-refractivity contribution >= 4 is 22.6 Å². The monoisotopic (exact) mass is 440 g/mol. The maximum Gasteiger partial charge on any atom is 0.341 e. The molecule has 1 aliphatic carbocycles. The molecule has 2 aliphatic rings. The number of carboxylic acid groups (broad SMARTS) is 1. The van der Waals surface area contributed by atoms with E-state index in [1.807, 2.05) is 23.4 Å². The predicted molar refractivity (Wildman–Crippen MR) is 121 cm³/mol. The van der Waals surface area contributed by atoms with Crippen LogP contribution in [0.2, 0.25) is 0 Å². The van der Waals surface area contributed by atoms with E-state index in [0.717, 1.165) is 19.3 Å². The van der Waals surface area contributed by atoms with Crippen LogP contribution >= 0.6 is 0 Å². The Labute approximate surface area is 186 Å². The van der Waals surface area contributed by atoms with Gasteiger partial charge in [-0.3, -0.25) is 4.79 Å². The third-order valence-electron chi connectivity index (χ3n) is 6.98. The summed E-state index contributed by atoms with van der Waals surface area (Å²) in [6, 6.07) is 3.88. The van der Waals surface area contributed by atoms with Gasteiger partial charge in [0.05, 0.1) is 17.3 Å². The van der Waals surface area contributed by atoms with Gasteiger partial charge in [-0.15, -0.1) is 0 Å². The molecule has 1 aliphatic heterocycles. The lowest BCUT2D eigenvalue weighted by atomic mass is 9.87. The fourth-order valence-electron chi connectivity index (χ4n) is 5.19. The molecule has 1 atom stereocenters. The molecule has 2 aromatic rings. The smallest absolute Gasteiger partial charge is 0.341 e. The Balaban J connectivity index is 1.69. The molecule has 2 fully saturated rings. The number of nitrogens with zero attached hydrogens (tertiary/aromatic N) is 4. The third-order valence-corrected chi connectivity index (χ3v) is 6.98. The van der Waals surface area contributed by atoms with E-state index in [2.05, 4.69) is 17.9 Å². The van der Waals surface area contributed by atoms with Gasteiger partial charge in [0, 0.05) is 55.6 Å². The normalized spacial score (nSPS) is 17.4. The number of aromatic nitrogens is 1. The van der Waals surface area contributed by atoms with Gasteiger partial charge in [0.25, 0.3) is 0 Å². The molecular formula is C24H29FN4O3. The van der Waals surface area contributed by atoms with Crippen LogP contribution in [0.1, 0.15) is 54.6 Å². The summed E-state index contributed by atoms with van der Waals surface area (Å²) in [6.07, 6.45) is 4.71. The number of aromatic carboxylic acids is 1. The Morgan fingerprint density at radius 3 is 2.66 bits per heavy atom. The maximum atomic E-state index is 15.3. The predicted octanol–water partition coefficient (Wildman–Crippen LogP) is 3.54. The van der Waals surface area contributed by atoms with Crippen molar-refractivity contribution < 1.29 is 14.3 Å². The fourth-order valence-corrected chi connectivity index (χ4v) is 5.19. The number of rotatable bonds is 8. The number of benzene rings is 1. The first-order valence-corrected chi connectivity index (χ1v) is 11.2. The number of hydrogen-bond donors (Lipinski definition) is 1. The number of anilines is 1. The molecule has 0 radical (unpaired) electrons. The summed E-state index contributed by atoms with van der Waals surface area (Å²) in [7, 11) is 2.03. The summed E-state index contributed by atoms with van der Waals surface area (Å²) < 4.78 is 17.1. The van der Waals surface area contributed by atoms with Crippen LogP contribution in [0, 0.1) is 30.0 Å². The average molecular weight is 441 g/mol. The van der Waals surface area contributed by atoms with Gasteiger partial charge in [0.2, 0.25) is 5.43 Å². The zero-order valence-electron chi connectivity index (χ0n) is 18.8. The summed E-state index contributed by atoms with van der Waals surface area (Å²) in [5.41, 5.74) is 0.877. The van der Waals surface area contributed by atoms with E-state index in [0.29, 0.717) is 54.8 Å². The van der Waals surface area contributed by atoms with E-state index in [-0.39, 0.29) is 17.0 Å². The number of nitriles is 1. The summed E-state index contributed by atoms with van der Waals surface area (Å²) >= 11 is 0. The minimum atomic E-state index is -1.29. The van der Waals surface area contributed by atoms with Crippen molar-refractivity contribution in [2.75, 3.05) is 31.6 Å². The van der Waals surface area contributed by atoms with Crippen molar-refractivity contribution in [1.82, 2.24) is 9.47 Å². The Kier molecular flexibility index (Phi) is 5.95. The number of halogens is 1. The van der Waals surface area contributed by atoms with Crippen LogP contribution in [0.15, 0.2) is 17.1 Å². The van der Waals surface area contributed by atoms with Crippen molar-refractivity contribution in [3.05, 3.63) is 39.4 Å². The molecule has 0 amide bonds. The van der Waals surface area contributed by atoms with Crippen LogP contribution < -0.4 is 10.3 Å². The van der Waals surface area contributed by atoms with E-state index in [1.54, 1.807) is 0 Å². The van der Waals surface area contributed by atoms with Crippen molar-refractivity contribution in [2.45, 2.75) is 51.6 Å². The molecular weight excluding hydrogens is 411 g/mol. The minimum absolute atomic E-state index is 0.135. The first-order valence-electron chi connectivity index (χ1n) is 11.2. The van der Waals surface area contributed by atoms with Gasteiger partial charge < -0.3 is 19.5 Å². The van der Waals surface area contributed by atoms with Crippen LogP contribution in [0.4, 0.5) is 10.1 Å². The Morgan fingerprint density at radius 2 is 2.09 bits per heavy atom. The fraction of sp³-hybridized carbons (Fsp3) is 0.542. The molecule has 1 aromatic carbocycles. The summed E-state index contributed by atoms with van der Waals surface area (Å²) in [5.74, 6) is -1.40. The molecule has 1 N–H and O–H groups in total. The van der Waals surface area contributed by atoms with Crippen molar-refractivity contribution in [2.24, 2.45) is 5.92 Å². The van der Waals surface area contributed by atoms with E-state index in [4.69, 9.17) is 5.26 Å². The second-order valence-electron chi connectivity index (χ2n) is 9.07. The zero-order chi connectivity index (χ0) is 23.2. The van der Waals surface area contributed by atoms with Crippen molar-refractivity contribution in [3.8, 4) is 6.07 Å². The number of hydrogen-bond acceptors (Lipinski definition) is 5. The first kappa shape index (κ1) is 22.3. The highest BCUT2D eigenvalue weighted by Crippen LogP contribution is 2.41. The molecule has 1 saturated heterocycles. The highest BCUT2D eigenvalue weighted by molar-refractivity contribution is 5.95. The Morgan fingerprint density at radius 1 is 1.41 bits per heavy atom. The maximum absolute atomic E-state index is 15.3. The van der Waals surface area contributed by atoms with Gasteiger partial charge in [0.1, 0.15) is 11.4 Å². The molecule has 32 heavy (non-hydrogen) atoms. The largest absolute Gasteiger partial charge is 0.477 e. The van der Waals surface area contributed by atoms with Crippen LogP contribution in [0.3, 0.4) is 0 Å². The number of aryl methyl sites for hydroxylation is 1. The van der Waals surface area contributed by atoms with Gasteiger partial charge in [-0.1, -0.05) is 6.92 Å². The second-order valence-corrected chi connectivity index (χ2v) is 9.07. The standard InChI is InChI=1S/C24H29FN4O3/c1-4-20(27(3)9-5-8-26)15-11-28(12-15)22-14(2)21-17(10-19(22)25)23(30)18(24(31)32)13-29(21)16-6-7-16/h10,13,15-16,20H,4-7,9,11-12H2,1-3H3,(H,31,32). The quantitative estimate of drug-likeness (QED) is 0.675. The van der Waals surface area contributed by atoms with Crippen LogP contribution in [0.5, 0.6) is 0 Å². The highest BCUT2D eigenvalue weighted by Gasteiger charge is 2.37. The molecule has 0 spiro atoms.